The van der Waals surface area contributed by atoms with Gasteiger partial charge in [0.05, 0.1) is 15.1 Å². The van der Waals surface area contributed by atoms with Crippen LogP contribution in [0.1, 0.15) is 23.7 Å². The highest BCUT2D eigenvalue weighted by Crippen LogP contribution is 2.30. The van der Waals surface area contributed by atoms with Gasteiger partial charge in [-0.05, 0) is 29.3 Å². The van der Waals surface area contributed by atoms with Gasteiger partial charge in [0, 0.05) is 30.9 Å². The van der Waals surface area contributed by atoms with Crippen LogP contribution in [-0.2, 0) is 20.0 Å². The first-order chi connectivity index (χ1) is 9.93. The number of hydrogen-bond acceptors (Lipinski definition) is 5. The van der Waals surface area contributed by atoms with Crippen molar-refractivity contribution in [2.75, 3.05) is 5.32 Å². The van der Waals surface area contributed by atoms with E-state index < -0.39 is 4.92 Å². The quantitative estimate of drug-likeness (QED) is 0.659. The Labute approximate surface area is 130 Å². The highest BCUT2D eigenvalue weighted by Gasteiger charge is 2.17. The molecule has 0 aliphatic carbocycles. The molecule has 0 amide bonds. The molecule has 0 aliphatic heterocycles. The summed E-state index contributed by atoms with van der Waals surface area (Å²) in [7, 11) is 1.88. The number of anilines is 1. The van der Waals surface area contributed by atoms with Crippen LogP contribution in [-0.4, -0.2) is 19.7 Å². The molecule has 0 bridgehead atoms. The van der Waals surface area contributed by atoms with Gasteiger partial charge in [-0.2, -0.15) is 5.10 Å². The molecule has 0 aromatic carbocycles. The third-order valence-electron chi connectivity index (χ3n) is 3.21. The number of nitrogens with one attached hydrogen (secondary N) is 1. The lowest BCUT2D eigenvalue weighted by Gasteiger charge is -2.09. The molecule has 21 heavy (non-hydrogen) atoms. The van der Waals surface area contributed by atoms with Crippen molar-refractivity contribution in [2.24, 2.45) is 7.05 Å². The number of hydrogen-bond donors (Lipinski definition) is 1. The molecule has 0 radical (unpaired) electrons. The minimum absolute atomic E-state index is 0.00282. The summed E-state index contributed by atoms with van der Waals surface area (Å²) in [5.41, 5.74) is 2.67. The van der Waals surface area contributed by atoms with E-state index in [4.69, 9.17) is 0 Å². The van der Waals surface area contributed by atoms with Crippen LogP contribution in [0.5, 0.6) is 0 Å². The van der Waals surface area contributed by atoms with Gasteiger partial charge in [0.25, 0.3) is 5.69 Å². The number of aromatic nitrogens is 3. The second-order valence-corrected chi connectivity index (χ2v) is 5.46. The molecule has 112 valence electrons. The van der Waals surface area contributed by atoms with E-state index in [2.05, 4.69) is 38.3 Å². The predicted octanol–water partition coefficient (Wildman–Crippen LogP) is 2.97. The molecular weight excluding hydrogens is 338 g/mol. The van der Waals surface area contributed by atoms with Gasteiger partial charge in [0.1, 0.15) is 12.0 Å². The fourth-order valence-electron chi connectivity index (χ4n) is 2.08. The van der Waals surface area contributed by atoms with E-state index in [1.54, 1.807) is 11.6 Å². The first-order valence-electron chi connectivity index (χ1n) is 6.48. The third-order valence-corrected chi connectivity index (χ3v) is 4.18. The van der Waals surface area contributed by atoms with Crippen molar-refractivity contribution in [3.63, 3.8) is 0 Å². The van der Waals surface area contributed by atoms with Gasteiger partial charge in [-0.15, -0.1) is 0 Å². The van der Waals surface area contributed by atoms with Crippen LogP contribution in [0.25, 0.3) is 0 Å². The van der Waals surface area contributed by atoms with E-state index in [0.29, 0.717) is 22.4 Å². The molecule has 2 aromatic heterocycles. The van der Waals surface area contributed by atoms with E-state index in [9.17, 15) is 10.1 Å². The Bertz CT molecular complexity index is 683. The Balaban J connectivity index is 2.21. The molecule has 7 nitrogen and oxygen atoms in total. The van der Waals surface area contributed by atoms with Crippen LogP contribution in [0.4, 0.5) is 11.5 Å². The number of halogens is 1. The Morgan fingerprint density at radius 1 is 1.52 bits per heavy atom. The van der Waals surface area contributed by atoms with Crippen LogP contribution >= 0.6 is 15.9 Å². The van der Waals surface area contributed by atoms with Gasteiger partial charge in [-0.3, -0.25) is 14.8 Å². The van der Waals surface area contributed by atoms with Gasteiger partial charge in [-0.25, -0.2) is 4.98 Å². The SMILES string of the molecule is CCc1nn(C)cc1CNc1ncc([N+](=O)[O-])c(C)c1Br. The molecule has 1 N–H and O–H groups in total. The first-order valence-corrected chi connectivity index (χ1v) is 7.28. The summed E-state index contributed by atoms with van der Waals surface area (Å²) in [6.45, 7) is 4.31. The van der Waals surface area contributed by atoms with Crippen LogP contribution in [0.3, 0.4) is 0 Å². The zero-order valence-corrected chi connectivity index (χ0v) is 13.6. The van der Waals surface area contributed by atoms with Crippen molar-refractivity contribution in [1.82, 2.24) is 14.8 Å². The van der Waals surface area contributed by atoms with Gasteiger partial charge in [0.15, 0.2) is 0 Å². The van der Waals surface area contributed by atoms with Crippen molar-refractivity contribution >= 4 is 27.4 Å². The lowest BCUT2D eigenvalue weighted by molar-refractivity contribution is -0.385. The summed E-state index contributed by atoms with van der Waals surface area (Å²) in [4.78, 5) is 14.5. The summed E-state index contributed by atoms with van der Waals surface area (Å²) in [6, 6.07) is 0. The molecule has 0 saturated carbocycles. The molecule has 2 rings (SSSR count). The van der Waals surface area contributed by atoms with Crippen LogP contribution in [0, 0.1) is 17.0 Å². The van der Waals surface area contributed by atoms with Crippen molar-refractivity contribution in [3.8, 4) is 0 Å². The maximum absolute atomic E-state index is 10.9. The average molecular weight is 354 g/mol. The average Bonchev–Trinajstić information content (AvgIpc) is 2.80. The van der Waals surface area contributed by atoms with E-state index in [1.165, 1.54) is 6.20 Å². The molecule has 8 heteroatoms. The van der Waals surface area contributed by atoms with Crippen molar-refractivity contribution in [1.29, 1.82) is 0 Å². The fraction of sp³-hybridized carbons (Fsp3) is 0.385. The van der Waals surface area contributed by atoms with Crippen LogP contribution in [0.2, 0.25) is 0 Å². The maximum Gasteiger partial charge on any atom is 0.291 e. The van der Waals surface area contributed by atoms with E-state index in [-0.39, 0.29) is 5.69 Å². The van der Waals surface area contributed by atoms with Gasteiger partial charge >= 0.3 is 0 Å². The number of nitro groups is 1. The Hall–Kier alpha value is -1.96. The maximum atomic E-state index is 10.9. The van der Waals surface area contributed by atoms with E-state index >= 15 is 0 Å². The van der Waals surface area contributed by atoms with Gasteiger partial charge in [0.2, 0.25) is 0 Å². The largest absolute Gasteiger partial charge is 0.365 e. The van der Waals surface area contributed by atoms with Gasteiger partial charge in [-0.1, -0.05) is 6.92 Å². The van der Waals surface area contributed by atoms with Crippen molar-refractivity contribution < 1.29 is 4.92 Å². The summed E-state index contributed by atoms with van der Waals surface area (Å²) in [5.74, 6) is 0.587. The Morgan fingerprint density at radius 2 is 2.24 bits per heavy atom. The monoisotopic (exact) mass is 353 g/mol. The zero-order valence-electron chi connectivity index (χ0n) is 12.1. The molecule has 2 aromatic rings. The standard InChI is InChI=1S/C13H16BrN5O2/c1-4-10-9(7-18(3)17-10)5-15-13-12(14)8(2)11(6-16-13)19(20)21/h6-7H,4-5H2,1-3H3,(H,15,16). The summed E-state index contributed by atoms with van der Waals surface area (Å²) in [6.07, 6.45) is 4.08. The predicted molar refractivity (Wildman–Crippen MR) is 83.2 cm³/mol. The molecule has 2 heterocycles. The lowest BCUT2D eigenvalue weighted by Crippen LogP contribution is -2.05. The highest BCUT2D eigenvalue weighted by atomic mass is 79.9. The molecule has 0 atom stereocenters. The number of aryl methyl sites for hydroxylation is 2. The number of pyridine rings is 1. The smallest absolute Gasteiger partial charge is 0.291 e. The molecule has 0 aliphatic rings. The Morgan fingerprint density at radius 3 is 2.86 bits per heavy atom. The van der Waals surface area contributed by atoms with Crippen molar-refractivity contribution in [2.45, 2.75) is 26.8 Å². The molecule has 0 unspecified atom stereocenters. The van der Waals surface area contributed by atoms with Crippen LogP contribution in [0.15, 0.2) is 16.9 Å². The number of rotatable bonds is 5. The lowest BCUT2D eigenvalue weighted by atomic mass is 10.2. The molecule has 0 fully saturated rings. The molecule has 0 saturated heterocycles. The van der Waals surface area contributed by atoms with E-state index in [1.807, 2.05) is 13.2 Å². The van der Waals surface area contributed by atoms with E-state index in [0.717, 1.165) is 17.7 Å². The minimum Gasteiger partial charge on any atom is -0.365 e. The number of nitrogens with zero attached hydrogens (tertiary/aromatic N) is 4. The highest BCUT2D eigenvalue weighted by molar-refractivity contribution is 9.10. The minimum atomic E-state index is -0.437. The van der Waals surface area contributed by atoms with Gasteiger partial charge < -0.3 is 5.32 Å². The van der Waals surface area contributed by atoms with Crippen molar-refractivity contribution in [3.05, 3.63) is 43.8 Å². The fourth-order valence-corrected chi connectivity index (χ4v) is 2.53. The second kappa shape index (κ2) is 6.21. The molecule has 0 spiro atoms. The Kier molecular flexibility index (Phi) is 4.56. The summed E-state index contributed by atoms with van der Waals surface area (Å²) >= 11 is 3.36. The second-order valence-electron chi connectivity index (χ2n) is 4.67. The summed E-state index contributed by atoms with van der Waals surface area (Å²) < 4.78 is 2.39. The van der Waals surface area contributed by atoms with Crippen LogP contribution < -0.4 is 5.32 Å². The molecular formula is C13H16BrN5O2. The topological polar surface area (TPSA) is 85.9 Å². The summed E-state index contributed by atoms with van der Waals surface area (Å²) in [5, 5.41) is 18.4. The normalized spacial score (nSPS) is 10.7. The third kappa shape index (κ3) is 3.21. The zero-order chi connectivity index (χ0) is 15.6. The first kappa shape index (κ1) is 15.4.